The Balaban J connectivity index is 1.56. The average molecular weight is 577 g/mol. The predicted molar refractivity (Wildman–Crippen MR) is 161 cm³/mol. The van der Waals surface area contributed by atoms with Crippen LogP contribution in [0.3, 0.4) is 0 Å². The van der Waals surface area contributed by atoms with Gasteiger partial charge in [0.25, 0.3) is 17.7 Å². The Morgan fingerprint density at radius 3 is 1.67 bits per heavy atom. The monoisotopic (exact) mass is 576 g/mol. The summed E-state index contributed by atoms with van der Waals surface area (Å²) in [6, 6.07) is 26.1. The van der Waals surface area contributed by atoms with Crippen molar-refractivity contribution >= 4 is 57.9 Å². The molecular weight excluding hydrogens is 548 g/mol. The van der Waals surface area contributed by atoms with Crippen LogP contribution in [0.25, 0.3) is 0 Å². The fourth-order valence-electron chi connectivity index (χ4n) is 6.01. The van der Waals surface area contributed by atoms with Gasteiger partial charge in [0.05, 0.1) is 29.4 Å². The Morgan fingerprint density at radius 2 is 1.16 bits per heavy atom. The number of nitrogens with zero attached hydrogens (tertiary/aromatic N) is 6. The van der Waals surface area contributed by atoms with Crippen LogP contribution in [-0.2, 0) is 23.9 Å². The molecule has 0 radical (unpaired) electrons. The first-order valence-corrected chi connectivity index (χ1v) is 13.8. The van der Waals surface area contributed by atoms with Gasteiger partial charge >= 0.3 is 5.97 Å². The molecule has 3 aromatic carbocycles. The minimum Gasteiger partial charge on any atom is -0.461 e. The van der Waals surface area contributed by atoms with Crippen LogP contribution >= 0.6 is 0 Å². The van der Waals surface area contributed by atoms with Gasteiger partial charge in [-0.25, -0.2) is 9.80 Å². The Labute approximate surface area is 247 Å². The number of rotatable bonds is 7. The van der Waals surface area contributed by atoms with E-state index in [1.54, 1.807) is 106 Å². The van der Waals surface area contributed by atoms with Gasteiger partial charge in [-0.2, -0.15) is 25.3 Å². The van der Waals surface area contributed by atoms with Crippen molar-refractivity contribution in [3.8, 4) is 0 Å². The van der Waals surface area contributed by atoms with E-state index in [0.29, 0.717) is 22.8 Å². The number of amides is 3. The molecule has 216 valence electrons. The van der Waals surface area contributed by atoms with Crippen molar-refractivity contribution in [2.24, 2.45) is 32.6 Å². The summed E-state index contributed by atoms with van der Waals surface area (Å²) in [6.07, 6.45) is 0. The molecule has 43 heavy (non-hydrogen) atoms. The van der Waals surface area contributed by atoms with E-state index in [0.717, 1.165) is 5.01 Å². The van der Waals surface area contributed by atoms with Gasteiger partial charge in [-0.3, -0.25) is 14.4 Å². The lowest BCUT2D eigenvalue weighted by atomic mass is 9.60. The number of para-hydroxylation sites is 3. The number of esters is 1. The van der Waals surface area contributed by atoms with Crippen LogP contribution in [0.2, 0.25) is 0 Å². The Kier molecular flexibility index (Phi) is 6.93. The molecule has 3 aliphatic heterocycles. The number of hydrogen-bond acceptors (Lipinski definition) is 8. The SMILES string of the molecule is CCOC(=O)C1=NN(c2ccccc2)C(=O)C1C1(C2C(=O)N(c3ccccc3)N=C2C)C(=O)N(c2ccccc2)N=C1C. The van der Waals surface area contributed by atoms with Crippen molar-refractivity contribution in [2.45, 2.75) is 20.8 Å². The van der Waals surface area contributed by atoms with Crippen LogP contribution in [0.1, 0.15) is 20.8 Å². The lowest BCUT2D eigenvalue weighted by Gasteiger charge is -2.37. The number of hydrogen-bond donors (Lipinski definition) is 0. The zero-order chi connectivity index (χ0) is 30.3. The summed E-state index contributed by atoms with van der Waals surface area (Å²) in [4.78, 5) is 57.2. The maximum absolute atomic E-state index is 14.9. The molecule has 11 heteroatoms. The largest absolute Gasteiger partial charge is 0.461 e. The predicted octanol–water partition coefficient (Wildman–Crippen LogP) is 4.02. The summed E-state index contributed by atoms with van der Waals surface area (Å²) in [6.45, 7) is 4.87. The van der Waals surface area contributed by atoms with Gasteiger partial charge < -0.3 is 4.74 Å². The van der Waals surface area contributed by atoms with Crippen LogP contribution in [0.15, 0.2) is 106 Å². The second-order valence-corrected chi connectivity index (χ2v) is 10.3. The third-order valence-electron chi connectivity index (χ3n) is 7.86. The zero-order valence-electron chi connectivity index (χ0n) is 23.7. The van der Waals surface area contributed by atoms with Gasteiger partial charge in [0, 0.05) is 5.71 Å². The smallest absolute Gasteiger partial charge is 0.355 e. The fourth-order valence-corrected chi connectivity index (χ4v) is 6.01. The van der Waals surface area contributed by atoms with Crippen LogP contribution in [-0.4, -0.2) is 47.4 Å². The highest BCUT2D eigenvalue weighted by atomic mass is 16.5. The van der Waals surface area contributed by atoms with Crippen LogP contribution in [0.5, 0.6) is 0 Å². The number of ether oxygens (including phenoxy) is 1. The minimum atomic E-state index is -1.98. The Bertz CT molecular complexity index is 1710. The topological polar surface area (TPSA) is 124 Å². The highest BCUT2D eigenvalue weighted by Gasteiger charge is 2.70. The fraction of sp³-hybridized carbons (Fsp3) is 0.219. The van der Waals surface area contributed by atoms with E-state index in [1.165, 1.54) is 10.0 Å². The van der Waals surface area contributed by atoms with Gasteiger partial charge in [-0.15, -0.1) is 0 Å². The molecule has 3 amide bonds. The van der Waals surface area contributed by atoms with E-state index in [2.05, 4.69) is 15.3 Å². The molecule has 3 unspecified atom stereocenters. The Morgan fingerprint density at radius 1 is 0.698 bits per heavy atom. The standard InChI is InChI=1S/C32H28N6O5/c1-4-43-30(41)27-26(29(40)37(35-27)23-16-10-6-11-17-23)32(21(3)34-38(31(32)42)24-18-12-7-13-19-24)25-20(2)33-36(28(25)39)22-14-8-5-9-15-22/h5-19,25-26H,4H2,1-3H3. The minimum absolute atomic E-state index is 0.0128. The van der Waals surface area contributed by atoms with Crippen molar-refractivity contribution < 1.29 is 23.9 Å². The van der Waals surface area contributed by atoms with E-state index in [1.807, 2.05) is 6.07 Å². The molecule has 0 spiro atoms. The molecule has 0 N–H and O–H groups in total. The molecule has 3 atom stereocenters. The number of carbonyl (C=O) groups excluding carboxylic acids is 4. The highest BCUT2D eigenvalue weighted by Crippen LogP contribution is 2.51. The van der Waals surface area contributed by atoms with Crippen LogP contribution in [0.4, 0.5) is 17.1 Å². The molecule has 0 saturated heterocycles. The molecule has 3 aromatic rings. The summed E-state index contributed by atoms with van der Waals surface area (Å²) >= 11 is 0. The third-order valence-corrected chi connectivity index (χ3v) is 7.86. The van der Waals surface area contributed by atoms with E-state index in [9.17, 15) is 19.2 Å². The maximum Gasteiger partial charge on any atom is 0.355 e. The number of anilines is 3. The van der Waals surface area contributed by atoms with Crippen molar-refractivity contribution in [2.75, 3.05) is 21.6 Å². The summed E-state index contributed by atoms with van der Waals surface area (Å²) in [5.74, 6) is -5.52. The molecule has 3 heterocycles. The van der Waals surface area contributed by atoms with Gasteiger partial charge in [0.1, 0.15) is 17.3 Å². The number of hydrazone groups is 3. The van der Waals surface area contributed by atoms with Crippen molar-refractivity contribution in [1.29, 1.82) is 0 Å². The van der Waals surface area contributed by atoms with E-state index in [-0.39, 0.29) is 18.0 Å². The van der Waals surface area contributed by atoms with Crippen LogP contribution in [0, 0.1) is 17.3 Å². The van der Waals surface area contributed by atoms with Gasteiger partial charge in [0.15, 0.2) is 5.71 Å². The summed E-state index contributed by atoms with van der Waals surface area (Å²) < 4.78 is 5.34. The first-order chi connectivity index (χ1) is 20.8. The first-order valence-electron chi connectivity index (χ1n) is 13.8. The second kappa shape index (κ2) is 10.8. The number of benzene rings is 3. The highest BCUT2D eigenvalue weighted by molar-refractivity contribution is 6.47. The zero-order valence-corrected chi connectivity index (χ0v) is 23.7. The lowest BCUT2D eigenvalue weighted by Crippen LogP contribution is -2.59. The Hall–Kier alpha value is -5.45. The molecule has 0 aliphatic carbocycles. The quantitative estimate of drug-likeness (QED) is 0.393. The summed E-state index contributed by atoms with van der Waals surface area (Å²) in [5.41, 5.74) is -0.472. The molecule has 0 aromatic heterocycles. The first kappa shape index (κ1) is 27.7. The molecule has 3 aliphatic rings. The molecule has 0 saturated carbocycles. The molecule has 0 bridgehead atoms. The third kappa shape index (κ3) is 4.23. The van der Waals surface area contributed by atoms with E-state index < -0.39 is 40.9 Å². The summed E-state index contributed by atoms with van der Waals surface area (Å²) in [5, 5.41) is 17.1. The van der Waals surface area contributed by atoms with Gasteiger partial charge in [-0.1, -0.05) is 54.6 Å². The summed E-state index contributed by atoms with van der Waals surface area (Å²) in [7, 11) is 0. The number of carbonyl (C=O) groups is 4. The second-order valence-electron chi connectivity index (χ2n) is 10.3. The van der Waals surface area contributed by atoms with Crippen molar-refractivity contribution in [3.63, 3.8) is 0 Å². The van der Waals surface area contributed by atoms with Crippen LogP contribution < -0.4 is 15.0 Å². The maximum atomic E-state index is 14.9. The van der Waals surface area contributed by atoms with Gasteiger partial charge in [-0.05, 0) is 57.2 Å². The van der Waals surface area contributed by atoms with Gasteiger partial charge in [0.2, 0.25) is 0 Å². The van der Waals surface area contributed by atoms with E-state index in [4.69, 9.17) is 4.74 Å². The molecule has 0 fully saturated rings. The average Bonchev–Trinajstić information content (AvgIpc) is 3.62. The normalized spacial score (nSPS) is 23.5. The molecular formula is C32H28N6O5. The lowest BCUT2D eigenvalue weighted by molar-refractivity contribution is -0.139. The molecule has 11 nitrogen and oxygen atoms in total. The van der Waals surface area contributed by atoms with Crippen molar-refractivity contribution in [1.82, 2.24) is 0 Å². The van der Waals surface area contributed by atoms with Crippen molar-refractivity contribution in [3.05, 3.63) is 91.0 Å². The molecule has 6 rings (SSSR count). The van der Waals surface area contributed by atoms with E-state index >= 15 is 0 Å².